The summed E-state index contributed by atoms with van der Waals surface area (Å²) in [4.78, 5) is 0. The maximum atomic E-state index is 5.89. The second-order valence-electron chi connectivity index (χ2n) is 4.92. The van der Waals surface area contributed by atoms with Crippen LogP contribution in [0.3, 0.4) is 0 Å². The zero-order chi connectivity index (χ0) is 12.4. The average molecular weight is 238 g/mol. The Balaban J connectivity index is 1.98. The molecule has 2 atom stereocenters. The highest BCUT2D eigenvalue weighted by molar-refractivity contribution is 5.35. The molecule has 0 aromatic heterocycles. The first-order chi connectivity index (χ1) is 8.87. The predicted octanol–water partition coefficient (Wildman–Crippen LogP) is 4.11. The van der Waals surface area contributed by atoms with Gasteiger partial charge in [-0.15, -0.1) is 0 Å². The molecular weight excluding hydrogens is 220 g/mol. The molecule has 0 saturated carbocycles. The molecule has 1 saturated heterocycles. The lowest BCUT2D eigenvalue weighted by Gasteiger charge is -2.24. The molecule has 3 rings (SSSR count). The van der Waals surface area contributed by atoms with Crippen molar-refractivity contribution >= 4 is 0 Å². The Morgan fingerprint density at radius 2 is 1.56 bits per heavy atom. The minimum atomic E-state index is -0.0859. The van der Waals surface area contributed by atoms with Gasteiger partial charge in [0, 0.05) is 5.92 Å². The van der Waals surface area contributed by atoms with Crippen molar-refractivity contribution in [2.45, 2.75) is 24.9 Å². The van der Waals surface area contributed by atoms with Crippen molar-refractivity contribution < 1.29 is 4.74 Å². The molecule has 1 aliphatic heterocycles. The average Bonchev–Trinajstić information content (AvgIpc) is 3.24. The Hall–Kier alpha value is -1.60. The van der Waals surface area contributed by atoms with Gasteiger partial charge < -0.3 is 4.74 Å². The molecule has 0 N–H and O–H groups in total. The molecule has 1 heteroatoms. The van der Waals surface area contributed by atoms with Gasteiger partial charge in [0.2, 0.25) is 0 Å². The largest absolute Gasteiger partial charge is 0.364 e. The highest BCUT2D eigenvalue weighted by Crippen LogP contribution is 2.51. The van der Waals surface area contributed by atoms with E-state index < -0.39 is 0 Å². The van der Waals surface area contributed by atoms with Crippen molar-refractivity contribution in [3.8, 4) is 0 Å². The van der Waals surface area contributed by atoms with Gasteiger partial charge in [0.15, 0.2) is 0 Å². The standard InChI is InChI=1S/C17H18O/c1-2-16(14-9-5-3-6-10-14)17(13-18-17)15-11-7-4-8-12-15/h3-12,16H,2,13H2,1H3. The van der Waals surface area contributed by atoms with Crippen LogP contribution in [0.15, 0.2) is 60.7 Å². The summed E-state index contributed by atoms with van der Waals surface area (Å²) < 4.78 is 5.89. The number of hydrogen-bond acceptors (Lipinski definition) is 1. The highest BCUT2D eigenvalue weighted by Gasteiger charge is 2.52. The summed E-state index contributed by atoms with van der Waals surface area (Å²) in [6.45, 7) is 3.08. The maximum Gasteiger partial charge on any atom is 0.123 e. The Labute approximate surface area is 108 Å². The third-order valence-corrected chi connectivity index (χ3v) is 3.89. The number of benzene rings is 2. The number of rotatable bonds is 4. The molecule has 2 aromatic rings. The molecule has 2 unspecified atom stereocenters. The van der Waals surface area contributed by atoms with E-state index in [4.69, 9.17) is 4.74 Å². The SMILES string of the molecule is CCC(c1ccccc1)C1(c2ccccc2)CO1. The molecule has 2 aromatic carbocycles. The summed E-state index contributed by atoms with van der Waals surface area (Å²) in [5.74, 6) is 0.445. The van der Waals surface area contributed by atoms with E-state index in [0.29, 0.717) is 5.92 Å². The van der Waals surface area contributed by atoms with Crippen molar-refractivity contribution in [2.24, 2.45) is 0 Å². The molecule has 0 radical (unpaired) electrons. The lowest BCUT2D eigenvalue weighted by molar-refractivity contribution is 0.260. The fraction of sp³-hybridized carbons (Fsp3) is 0.294. The second kappa shape index (κ2) is 4.58. The Kier molecular flexibility index (Phi) is 2.92. The molecule has 1 heterocycles. The van der Waals surface area contributed by atoms with Crippen molar-refractivity contribution in [1.82, 2.24) is 0 Å². The van der Waals surface area contributed by atoms with Gasteiger partial charge in [0.05, 0.1) is 6.61 Å². The van der Waals surface area contributed by atoms with Crippen LogP contribution < -0.4 is 0 Å². The maximum absolute atomic E-state index is 5.89. The summed E-state index contributed by atoms with van der Waals surface area (Å²) in [5, 5.41) is 0. The zero-order valence-electron chi connectivity index (χ0n) is 10.7. The van der Waals surface area contributed by atoms with E-state index in [0.717, 1.165) is 13.0 Å². The number of epoxide rings is 1. The summed E-state index contributed by atoms with van der Waals surface area (Å²) in [7, 11) is 0. The number of hydrogen-bond donors (Lipinski definition) is 0. The Morgan fingerprint density at radius 3 is 2.06 bits per heavy atom. The third kappa shape index (κ3) is 1.85. The van der Waals surface area contributed by atoms with Crippen LogP contribution in [0.2, 0.25) is 0 Å². The summed E-state index contributed by atoms with van der Waals surface area (Å²) >= 11 is 0. The van der Waals surface area contributed by atoms with Crippen LogP contribution in [0, 0.1) is 0 Å². The van der Waals surface area contributed by atoms with Gasteiger partial charge in [-0.3, -0.25) is 0 Å². The van der Waals surface area contributed by atoms with Crippen LogP contribution in [-0.2, 0) is 10.3 Å². The minimum absolute atomic E-state index is 0.0859. The fourth-order valence-corrected chi connectivity index (χ4v) is 2.89. The third-order valence-electron chi connectivity index (χ3n) is 3.89. The van der Waals surface area contributed by atoms with Crippen molar-refractivity contribution in [3.63, 3.8) is 0 Å². The van der Waals surface area contributed by atoms with E-state index in [1.807, 2.05) is 0 Å². The van der Waals surface area contributed by atoms with Gasteiger partial charge in [-0.2, -0.15) is 0 Å². The summed E-state index contributed by atoms with van der Waals surface area (Å²) in [6.07, 6.45) is 1.10. The lowest BCUT2D eigenvalue weighted by atomic mass is 9.80. The molecule has 0 spiro atoms. The van der Waals surface area contributed by atoms with E-state index in [-0.39, 0.29) is 5.60 Å². The Morgan fingerprint density at radius 1 is 1.00 bits per heavy atom. The molecular formula is C17H18O. The molecule has 1 fully saturated rings. The van der Waals surface area contributed by atoms with Gasteiger partial charge in [-0.25, -0.2) is 0 Å². The quantitative estimate of drug-likeness (QED) is 0.730. The topological polar surface area (TPSA) is 12.5 Å². The van der Waals surface area contributed by atoms with E-state index >= 15 is 0 Å². The van der Waals surface area contributed by atoms with Crippen molar-refractivity contribution in [3.05, 3.63) is 71.8 Å². The lowest BCUT2D eigenvalue weighted by Crippen LogP contribution is -2.19. The van der Waals surface area contributed by atoms with Crippen LogP contribution in [0.25, 0.3) is 0 Å². The second-order valence-corrected chi connectivity index (χ2v) is 4.92. The van der Waals surface area contributed by atoms with Gasteiger partial charge >= 0.3 is 0 Å². The van der Waals surface area contributed by atoms with E-state index in [1.54, 1.807) is 0 Å². The predicted molar refractivity (Wildman–Crippen MR) is 73.5 cm³/mol. The normalized spacial score (nSPS) is 23.6. The van der Waals surface area contributed by atoms with Crippen LogP contribution in [0.1, 0.15) is 30.4 Å². The Bertz CT molecular complexity index is 500. The van der Waals surface area contributed by atoms with E-state index in [2.05, 4.69) is 67.6 Å². The van der Waals surface area contributed by atoms with Crippen LogP contribution in [-0.4, -0.2) is 6.61 Å². The monoisotopic (exact) mass is 238 g/mol. The molecule has 1 aliphatic rings. The molecule has 18 heavy (non-hydrogen) atoms. The zero-order valence-corrected chi connectivity index (χ0v) is 10.7. The summed E-state index contributed by atoms with van der Waals surface area (Å²) in [6, 6.07) is 21.3. The van der Waals surface area contributed by atoms with Gasteiger partial charge in [-0.05, 0) is 17.5 Å². The molecule has 1 nitrogen and oxygen atoms in total. The first-order valence-electron chi connectivity index (χ1n) is 6.61. The molecule has 0 amide bonds. The van der Waals surface area contributed by atoms with Crippen LogP contribution in [0.5, 0.6) is 0 Å². The first kappa shape index (κ1) is 11.5. The van der Waals surface area contributed by atoms with Crippen LogP contribution >= 0.6 is 0 Å². The van der Waals surface area contributed by atoms with Gasteiger partial charge in [-0.1, -0.05) is 67.6 Å². The van der Waals surface area contributed by atoms with Crippen molar-refractivity contribution in [2.75, 3.05) is 6.61 Å². The van der Waals surface area contributed by atoms with Crippen LogP contribution in [0.4, 0.5) is 0 Å². The first-order valence-corrected chi connectivity index (χ1v) is 6.61. The van der Waals surface area contributed by atoms with Gasteiger partial charge in [0.25, 0.3) is 0 Å². The number of ether oxygens (including phenoxy) is 1. The summed E-state index contributed by atoms with van der Waals surface area (Å²) in [5.41, 5.74) is 2.60. The highest BCUT2D eigenvalue weighted by atomic mass is 16.6. The smallest absolute Gasteiger partial charge is 0.123 e. The molecule has 92 valence electrons. The molecule has 0 aliphatic carbocycles. The molecule has 0 bridgehead atoms. The van der Waals surface area contributed by atoms with E-state index in [9.17, 15) is 0 Å². The fourth-order valence-electron chi connectivity index (χ4n) is 2.89. The minimum Gasteiger partial charge on any atom is -0.364 e. The van der Waals surface area contributed by atoms with E-state index in [1.165, 1.54) is 11.1 Å². The van der Waals surface area contributed by atoms with Gasteiger partial charge in [0.1, 0.15) is 5.60 Å². The van der Waals surface area contributed by atoms with Crippen molar-refractivity contribution in [1.29, 1.82) is 0 Å².